The number of guanidine groups is 2. The fraction of sp³-hybridized carbons (Fsp3) is 0.500. The third-order valence-corrected chi connectivity index (χ3v) is 3.05. The van der Waals surface area contributed by atoms with Crippen LogP contribution >= 0.6 is 0 Å². The van der Waals surface area contributed by atoms with Crippen LogP contribution in [0.4, 0.5) is 0 Å². The lowest BCUT2D eigenvalue weighted by atomic mass is 10.1. The maximum atomic E-state index is 5.44. The lowest BCUT2D eigenvalue weighted by molar-refractivity contribution is 0.673. The molecule has 0 saturated heterocycles. The van der Waals surface area contributed by atoms with Gasteiger partial charge in [0.1, 0.15) is 0 Å². The Labute approximate surface area is 127 Å². The first-order valence-electron chi connectivity index (χ1n) is 7.64. The zero-order valence-corrected chi connectivity index (χ0v) is 12.9. The third-order valence-electron chi connectivity index (χ3n) is 3.05. The molecule has 0 spiro atoms. The monoisotopic (exact) mass is 289 g/mol. The Balaban J connectivity index is 2.39. The molecular weight excluding hydrogens is 262 g/mol. The molecule has 1 rings (SSSR count). The molecule has 1 aromatic rings. The van der Waals surface area contributed by atoms with Gasteiger partial charge in [0, 0.05) is 13.1 Å². The van der Waals surface area contributed by atoms with Gasteiger partial charge in [0.15, 0.2) is 5.96 Å². The first-order chi connectivity index (χ1) is 10.2. The van der Waals surface area contributed by atoms with Crippen LogP contribution in [0.5, 0.6) is 0 Å². The minimum Gasteiger partial charge on any atom is -0.370 e. The lowest BCUT2D eigenvalue weighted by Crippen LogP contribution is -2.31. The zero-order valence-electron chi connectivity index (χ0n) is 12.9. The van der Waals surface area contributed by atoms with E-state index in [1.807, 2.05) is 18.2 Å². The highest BCUT2D eigenvalue weighted by molar-refractivity contribution is 5.93. The van der Waals surface area contributed by atoms with Crippen LogP contribution in [0.3, 0.4) is 0 Å². The second-order valence-electron chi connectivity index (χ2n) is 4.97. The molecule has 0 aliphatic heterocycles. The Kier molecular flexibility index (Phi) is 8.68. The fourth-order valence-corrected chi connectivity index (χ4v) is 1.94. The second-order valence-corrected chi connectivity index (χ2v) is 4.97. The first-order valence-corrected chi connectivity index (χ1v) is 7.64. The third kappa shape index (κ3) is 8.68. The molecule has 0 heterocycles. The predicted octanol–water partition coefficient (Wildman–Crippen LogP) is 2.03. The minimum atomic E-state index is 0.0366. The van der Waals surface area contributed by atoms with Crippen LogP contribution in [0, 0.1) is 0 Å². The van der Waals surface area contributed by atoms with Crippen LogP contribution in [-0.4, -0.2) is 25.0 Å². The summed E-state index contributed by atoms with van der Waals surface area (Å²) in [6.07, 6.45) is 5.64. The lowest BCUT2D eigenvalue weighted by Gasteiger charge is -2.06. The summed E-state index contributed by atoms with van der Waals surface area (Å²) in [6, 6.07) is 10.3. The smallest absolute Gasteiger partial charge is 0.221 e. The molecule has 0 bridgehead atoms. The summed E-state index contributed by atoms with van der Waals surface area (Å²) in [5.41, 5.74) is 12.1. The number of nitrogens with one attached hydrogen (secondary N) is 1. The van der Waals surface area contributed by atoms with Gasteiger partial charge in [-0.2, -0.15) is 4.99 Å². The number of rotatable bonds is 8. The van der Waals surface area contributed by atoms with Crippen molar-refractivity contribution in [2.45, 2.75) is 39.0 Å². The number of hydrogen-bond acceptors (Lipinski definition) is 1. The van der Waals surface area contributed by atoms with Gasteiger partial charge in [-0.05, 0) is 18.4 Å². The molecule has 5 nitrogen and oxygen atoms in total. The van der Waals surface area contributed by atoms with Crippen LogP contribution in [0.1, 0.15) is 38.2 Å². The summed E-state index contributed by atoms with van der Waals surface area (Å²) in [5.74, 6) is 0.567. The molecule has 0 aliphatic rings. The molecule has 5 heteroatoms. The standard InChI is InChI=1S/C16H27N5/c1-2-3-4-8-12-19-16(21-15(17)18)20-13-11-14-9-6-5-7-10-14/h5-7,9-10H,2-4,8,11-13H2,1H3,(H5,17,18,19,20,21). The molecule has 0 fully saturated rings. The Morgan fingerprint density at radius 1 is 1.10 bits per heavy atom. The number of nitrogens with zero attached hydrogens (tertiary/aromatic N) is 2. The number of unbranched alkanes of at least 4 members (excludes halogenated alkanes) is 3. The van der Waals surface area contributed by atoms with Crippen molar-refractivity contribution >= 4 is 11.9 Å². The molecule has 0 unspecified atom stereocenters. The Hall–Kier alpha value is -2.04. The van der Waals surface area contributed by atoms with Gasteiger partial charge < -0.3 is 16.8 Å². The topological polar surface area (TPSA) is 88.8 Å². The van der Waals surface area contributed by atoms with Crippen LogP contribution in [0.25, 0.3) is 0 Å². The van der Waals surface area contributed by atoms with E-state index in [0.717, 1.165) is 25.9 Å². The van der Waals surface area contributed by atoms with Crippen LogP contribution < -0.4 is 16.8 Å². The van der Waals surface area contributed by atoms with Crippen molar-refractivity contribution in [1.82, 2.24) is 5.32 Å². The van der Waals surface area contributed by atoms with E-state index in [4.69, 9.17) is 11.5 Å². The average molecular weight is 289 g/mol. The van der Waals surface area contributed by atoms with E-state index in [9.17, 15) is 0 Å². The minimum absolute atomic E-state index is 0.0366. The maximum Gasteiger partial charge on any atom is 0.221 e. The highest BCUT2D eigenvalue weighted by Gasteiger charge is 1.98. The van der Waals surface area contributed by atoms with Gasteiger partial charge in [-0.15, -0.1) is 0 Å². The Morgan fingerprint density at radius 2 is 1.86 bits per heavy atom. The summed E-state index contributed by atoms with van der Waals surface area (Å²) in [4.78, 5) is 8.46. The summed E-state index contributed by atoms with van der Waals surface area (Å²) in [7, 11) is 0. The van der Waals surface area contributed by atoms with E-state index >= 15 is 0 Å². The van der Waals surface area contributed by atoms with Crippen LogP contribution in [-0.2, 0) is 6.42 Å². The molecule has 0 aliphatic carbocycles. The van der Waals surface area contributed by atoms with Gasteiger partial charge in [0.25, 0.3) is 0 Å². The quantitative estimate of drug-likeness (QED) is 0.388. The van der Waals surface area contributed by atoms with Crippen molar-refractivity contribution in [2.75, 3.05) is 13.1 Å². The summed E-state index contributed by atoms with van der Waals surface area (Å²) >= 11 is 0. The van der Waals surface area contributed by atoms with Gasteiger partial charge >= 0.3 is 0 Å². The largest absolute Gasteiger partial charge is 0.370 e. The van der Waals surface area contributed by atoms with Crippen molar-refractivity contribution in [3.63, 3.8) is 0 Å². The Morgan fingerprint density at radius 3 is 2.52 bits per heavy atom. The molecule has 0 amide bonds. The fourth-order valence-electron chi connectivity index (χ4n) is 1.94. The van der Waals surface area contributed by atoms with E-state index < -0.39 is 0 Å². The van der Waals surface area contributed by atoms with Crippen molar-refractivity contribution < 1.29 is 0 Å². The van der Waals surface area contributed by atoms with E-state index in [0.29, 0.717) is 5.96 Å². The van der Waals surface area contributed by atoms with E-state index in [-0.39, 0.29) is 5.96 Å². The molecule has 0 saturated carbocycles. The van der Waals surface area contributed by atoms with Gasteiger partial charge in [-0.1, -0.05) is 56.5 Å². The molecule has 116 valence electrons. The Bertz CT molecular complexity index is 435. The number of benzene rings is 1. The molecular formula is C16H27N5. The van der Waals surface area contributed by atoms with Crippen molar-refractivity contribution in [2.24, 2.45) is 21.5 Å². The molecule has 5 N–H and O–H groups in total. The van der Waals surface area contributed by atoms with Crippen molar-refractivity contribution in [3.05, 3.63) is 35.9 Å². The van der Waals surface area contributed by atoms with Crippen LogP contribution in [0.15, 0.2) is 40.3 Å². The summed E-state index contributed by atoms with van der Waals surface area (Å²) in [6.45, 7) is 3.71. The molecule has 0 radical (unpaired) electrons. The van der Waals surface area contributed by atoms with Gasteiger partial charge in [0.05, 0.1) is 0 Å². The van der Waals surface area contributed by atoms with E-state index in [1.165, 1.54) is 24.8 Å². The summed E-state index contributed by atoms with van der Waals surface area (Å²) in [5, 5.41) is 3.19. The number of aliphatic imine (C=N–C) groups is 2. The van der Waals surface area contributed by atoms with Gasteiger partial charge in [0.2, 0.25) is 5.96 Å². The van der Waals surface area contributed by atoms with E-state index in [1.54, 1.807) is 0 Å². The SMILES string of the molecule is CCCCCCN=C(N=C(N)N)NCCc1ccccc1. The molecule has 21 heavy (non-hydrogen) atoms. The normalized spacial score (nSPS) is 11.2. The molecule has 1 aromatic carbocycles. The predicted molar refractivity (Wildman–Crippen MR) is 90.4 cm³/mol. The number of nitrogens with two attached hydrogens (primary N) is 2. The highest BCUT2D eigenvalue weighted by Crippen LogP contribution is 2.00. The first kappa shape index (κ1) is 17.0. The van der Waals surface area contributed by atoms with Crippen molar-refractivity contribution in [3.8, 4) is 0 Å². The van der Waals surface area contributed by atoms with E-state index in [2.05, 4.69) is 34.4 Å². The highest BCUT2D eigenvalue weighted by atomic mass is 15.2. The summed E-state index contributed by atoms with van der Waals surface area (Å²) < 4.78 is 0. The average Bonchev–Trinajstić information content (AvgIpc) is 2.47. The maximum absolute atomic E-state index is 5.44. The van der Waals surface area contributed by atoms with Gasteiger partial charge in [-0.3, -0.25) is 4.99 Å². The second kappa shape index (κ2) is 10.7. The van der Waals surface area contributed by atoms with Crippen LogP contribution in [0.2, 0.25) is 0 Å². The van der Waals surface area contributed by atoms with Crippen molar-refractivity contribution in [1.29, 1.82) is 0 Å². The number of hydrogen-bond donors (Lipinski definition) is 3. The molecule has 0 atom stereocenters. The zero-order chi connectivity index (χ0) is 15.3. The molecule has 0 aromatic heterocycles. The van der Waals surface area contributed by atoms with Gasteiger partial charge in [-0.25, -0.2) is 0 Å².